The van der Waals surface area contributed by atoms with Gasteiger partial charge in [-0.2, -0.15) is 0 Å². The molecule has 1 aromatic carbocycles. The molecule has 1 nitrogen and oxygen atoms in total. The van der Waals surface area contributed by atoms with Crippen molar-refractivity contribution in [2.45, 2.75) is 18.9 Å². The first kappa shape index (κ1) is 12.2. The third kappa shape index (κ3) is 2.70. The van der Waals surface area contributed by atoms with Crippen LogP contribution in [0.15, 0.2) is 35.7 Å². The maximum absolute atomic E-state index is 13.0. The van der Waals surface area contributed by atoms with Crippen LogP contribution in [-0.2, 0) is 12.0 Å². The first-order valence-corrected chi connectivity index (χ1v) is 6.07. The molecule has 2 aromatic rings. The fraction of sp³-hybridized carbons (Fsp3) is 0.231. The molecule has 17 heavy (non-hydrogen) atoms. The number of aliphatic hydroxyl groups is 1. The maximum Gasteiger partial charge on any atom is 0.159 e. The van der Waals surface area contributed by atoms with E-state index in [1.807, 2.05) is 17.5 Å². The molecule has 1 atom stereocenters. The molecule has 0 fully saturated rings. The summed E-state index contributed by atoms with van der Waals surface area (Å²) in [5.74, 6) is -1.76. The Labute approximate surface area is 102 Å². The largest absolute Gasteiger partial charge is 0.384 e. The van der Waals surface area contributed by atoms with E-state index < -0.39 is 17.2 Å². The molecule has 90 valence electrons. The lowest BCUT2D eigenvalue weighted by atomic mass is 9.95. The Morgan fingerprint density at radius 3 is 2.59 bits per heavy atom. The zero-order valence-corrected chi connectivity index (χ0v) is 10.1. The molecule has 1 aromatic heterocycles. The molecule has 0 radical (unpaired) electrons. The first-order chi connectivity index (χ1) is 7.99. The Bertz CT molecular complexity index is 506. The van der Waals surface area contributed by atoms with Crippen LogP contribution in [0.1, 0.15) is 17.4 Å². The van der Waals surface area contributed by atoms with Crippen LogP contribution in [0.4, 0.5) is 8.78 Å². The number of thiophene rings is 1. The summed E-state index contributed by atoms with van der Waals surface area (Å²) in [6, 6.07) is 7.36. The van der Waals surface area contributed by atoms with Gasteiger partial charge in [0.15, 0.2) is 11.6 Å². The summed E-state index contributed by atoms with van der Waals surface area (Å²) < 4.78 is 25.8. The van der Waals surface area contributed by atoms with E-state index in [1.54, 1.807) is 6.92 Å². The van der Waals surface area contributed by atoms with Gasteiger partial charge in [0.1, 0.15) is 0 Å². The first-order valence-electron chi connectivity index (χ1n) is 5.19. The number of benzene rings is 1. The predicted molar refractivity (Wildman–Crippen MR) is 64.0 cm³/mol. The van der Waals surface area contributed by atoms with E-state index in [2.05, 4.69) is 0 Å². The van der Waals surface area contributed by atoms with Crippen molar-refractivity contribution < 1.29 is 13.9 Å². The summed E-state index contributed by atoms with van der Waals surface area (Å²) >= 11 is 1.44. The molecule has 4 heteroatoms. The number of halogens is 2. The van der Waals surface area contributed by atoms with Gasteiger partial charge in [-0.15, -0.1) is 11.3 Å². The van der Waals surface area contributed by atoms with E-state index >= 15 is 0 Å². The van der Waals surface area contributed by atoms with E-state index in [4.69, 9.17) is 0 Å². The van der Waals surface area contributed by atoms with Gasteiger partial charge in [-0.1, -0.05) is 12.1 Å². The van der Waals surface area contributed by atoms with Crippen LogP contribution in [-0.4, -0.2) is 5.11 Å². The average Bonchev–Trinajstić information content (AvgIpc) is 2.77. The second kappa shape index (κ2) is 4.55. The Kier molecular flexibility index (Phi) is 3.26. The van der Waals surface area contributed by atoms with Gasteiger partial charge in [-0.3, -0.25) is 0 Å². The zero-order chi connectivity index (χ0) is 12.5. The highest BCUT2D eigenvalue weighted by molar-refractivity contribution is 7.10. The van der Waals surface area contributed by atoms with Crippen molar-refractivity contribution in [2.75, 3.05) is 0 Å². The topological polar surface area (TPSA) is 20.2 Å². The number of hydrogen-bond donors (Lipinski definition) is 1. The lowest BCUT2D eigenvalue weighted by molar-refractivity contribution is 0.0614. The van der Waals surface area contributed by atoms with Gasteiger partial charge < -0.3 is 5.11 Å². The van der Waals surface area contributed by atoms with Crippen molar-refractivity contribution in [3.8, 4) is 0 Å². The molecular weight excluding hydrogens is 242 g/mol. The van der Waals surface area contributed by atoms with Crippen molar-refractivity contribution in [3.63, 3.8) is 0 Å². The summed E-state index contributed by atoms with van der Waals surface area (Å²) in [6.07, 6.45) is 0.255. The normalized spacial score (nSPS) is 14.6. The van der Waals surface area contributed by atoms with E-state index in [-0.39, 0.29) is 6.42 Å². The lowest BCUT2D eigenvalue weighted by Crippen LogP contribution is -2.22. The highest BCUT2D eigenvalue weighted by Gasteiger charge is 2.24. The monoisotopic (exact) mass is 254 g/mol. The molecule has 1 N–H and O–H groups in total. The van der Waals surface area contributed by atoms with Crippen molar-refractivity contribution in [2.24, 2.45) is 0 Å². The van der Waals surface area contributed by atoms with Crippen LogP contribution >= 0.6 is 11.3 Å². The van der Waals surface area contributed by atoms with Gasteiger partial charge in [0.25, 0.3) is 0 Å². The average molecular weight is 254 g/mol. The summed E-state index contributed by atoms with van der Waals surface area (Å²) in [5, 5.41) is 12.2. The van der Waals surface area contributed by atoms with Crippen molar-refractivity contribution in [1.29, 1.82) is 0 Å². The molecular formula is C13H12F2OS. The standard InChI is InChI=1S/C13H12F2OS/c1-13(16,12-3-2-6-17-12)8-9-4-5-10(14)11(15)7-9/h2-7,16H,8H2,1H3. The molecule has 1 heterocycles. The third-order valence-electron chi connectivity index (χ3n) is 2.58. The Morgan fingerprint density at radius 1 is 1.24 bits per heavy atom. The zero-order valence-electron chi connectivity index (χ0n) is 9.28. The molecule has 0 saturated carbocycles. The second-order valence-electron chi connectivity index (χ2n) is 4.18. The molecule has 1 unspecified atom stereocenters. The summed E-state index contributed by atoms with van der Waals surface area (Å²) in [6.45, 7) is 1.67. The Hall–Kier alpha value is -1.26. The van der Waals surface area contributed by atoms with E-state index in [9.17, 15) is 13.9 Å². The summed E-state index contributed by atoms with van der Waals surface area (Å²) in [5.41, 5.74) is -0.486. The SMILES string of the molecule is CC(O)(Cc1ccc(F)c(F)c1)c1cccs1. The smallest absolute Gasteiger partial charge is 0.159 e. The van der Waals surface area contributed by atoms with Crippen molar-refractivity contribution in [3.05, 3.63) is 57.8 Å². The second-order valence-corrected chi connectivity index (χ2v) is 5.12. The molecule has 0 aliphatic rings. The highest BCUT2D eigenvalue weighted by atomic mass is 32.1. The van der Waals surface area contributed by atoms with Crippen LogP contribution < -0.4 is 0 Å². The minimum absolute atomic E-state index is 0.255. The van der Waals surface area contributed by atoms with Gasteiger partial charge >= 0.3 is 0 Å². The van der Waals surface area contributed by atoms with Crippen LogP contribution in [0.2, 0.25) is 0 Å². The predicted octanol–water partition coefficient (Wildman–Crippen LogP) is 3.48. The van der Waals surface area contributed by atoms with Crippen LogP contribution in [0, 0.1) is 11.6 Å². The summed E-state index contributed by atoms with van der Waals surface area (Å²) in [4.78, 5) is 0.808. The molecule has 0 aliphatic heterocycles. The number of hydrogen-bond acceptors (Lipinski definition) is 2. The lowest BCUT2D eigenvalue weighted by Gasteiger charge is -2.22. The van der Waals surface area contributed by atoms with Crippen molar-refractivity contribution >= 4 is 11.3 Å². The van der Waals surface area contributed by atoms with Crippen LogP contribution in [0.3, 0.4) is 0 Å². The minimum Gasteiger partial charge on any atom is -0.384 e. The third-order valence-corrected chi connectivity index (χ3v) is 3.71. The Morgan fingerprint density at radius 2 is 2.00 bits per heavy atom. The van der Waals surface area contributed by atoms with Crippen LogP contribution in [0.5, 0.6) is 0 Å². The van der Waals surface area contributed by atoms with E-state index in [0.29, 0.717) is 5.56 Å². The van der Waals surface area contributed by atoms with Gasteiger partial charge in [0, 0.05) is 11.3 Å². The molecule has 0 spiro atoms. The van der Waals surface area contributed by atoms with Crippen molar-refractivity contribution in [1.82, 2.24) is 0 Å². The molecule has 0 aliphatic carbocycles. The fourth-order valence-electron chi connectivity index (χ4n) is 1.72. The highest BCUT2D eigenvalue weighted by Crippen LogP contribution is 2.29. The van der Waals surface area contributed by atoms with Gasteiger partial charge in [-0.05, 0) is 36.1 Å². The molecule has 0 saturated heterocycles. The fourth-order valence-corrected chi connectivity index (χ4v) is 2.51. The minimum atomic E-state index is -1.06. The van der Waals surface area contributed by atoms with Gasteiger partial charge in [-0.25, -0.2) is 8.78 Å². The maximum atomic E-state index is 13.0. The molecule has 2 rings (SSSR count). The van der Waals surface area contributed by atoms with E-state index in [1.165, 1.54) is 17.4 Å². The Balaban J connectivity index is 2.23. The quantitative estimate of drug-likeness (QED) is 0.889. The number of rotatable bonds is 3. The molecule has 0 bridgehead atoms. The van der Waals surface area contributed by atoms with E-state index in [0.717, 1.165) is 17.0 Å². The molecule has 0 amide bonds. The van der Waals surface area contributed by atoms with Crippen LogP contribution in [0.25, 0.3) is 0 Å². The van der Waals surface area contributed by atoms with Gasteiger partial charge in [0.05, 0.1) is 5.60 Å². The van der Waals surface area contributed by atoms with Gasteiger partial charge in [0.2, 0.25) is 0 Å². The summed E-state index contributed by atoms with van der Waals surface area (Å²) in [7, 11) is 0.